The molecule has 0 aliphatic carbocycles. The first-order valence-corrected chi connectivity index (χ1v) is 6.94. The number of rotatable bonds is 4. The number of benzene rings is 1. The normalized spacial score (nSPS) is 10.7. The van der Waals surface area contributed by atoms with Gasteiger partial charge in [0.25, 0.3) is 5.91 Å². The van der Waals surface area contributed by atoms with Crippen LogP contribution in [0.1, 0.15) is 10.4 Å². The average Bonchev–Trinajstić information content (AvgIpc) is 2.78. The van der Waals surface area contributed by atoms with Gasteiger partial charge in [0.2, 0.25) is 0 Å². The molecule has 90 valence electrons. The highest BCUT2D eigenvalue weighted by Crippen LogP contribution is 2.18. The highest BCUT2D eigenvalue weighted by atomic mass is 32.2. The van der Waals surface area contributed by atoms with Crippen molar-refractivity contribution in [2.24, 2.45) is 0 Å². The van der Waals surface area contributed by atoms with Gasteiger partial charge in [-0.3, -0.25) is 4.79 Å². The quantitative estimate of drug-likeness (QED) is 0.903. The third-order valence-electron chi connectivity index (χ3n) is 2.80. The van der Waals surface area contributed by atoms with Crippen molar-refractivity contribution >= 4 is 28.6 Å². The van der Waals surface area contributed by atoms with E-state index in [1.807, 2.05) is 37.6 Å². The highest BCUT2D eigenvalue weighted by Gasteiger charge is 2.15. The summed E-state index contributed by atoms with van der Waals surface area (Å²) in [6.07, 6.45) is 3.84. The van der Waals surface area contributed by atoms with Crippen molar-refractivity contribution < 1.29 is 4.79 Å². The third-order valence-corrected chi connectivity index (χ3v) is 3.39. The number of fused-ring (bicyclic) bond motifs is 1. The first-order chi connectivity index (χ1) is 8.24. The lowest BCUT2D eigenvalue weighted by Gasteiger charge is -2.15. The molecule has 0 unspecified atom stereocenters. The Labute approximate surface area is 105 Å². The van der Waals surface area contributed by atoms with Crippen LogP contribution in [-0.2, 0) is 0 Å². The molecule has 1 aromatic heterocycles. The molecule has 1 amide bonds. The molecule has 0 radical (unpaired) electrons. The number of hydrogen-bond donors (Lipinski definition) is 1. The monoisotopic (exact) mass is 248 g/mol. The van der Waals surface area contributed by atoms with Crippen LogP contribution in [0.5, 0.6) is 0 Å². The van der Waals surface area contributed by atoms with Gasteiger partial charge >= 0.3 is 0 Å². The number of aromatic amines is 1. The van der Waals surface area contributed by atoms with Crippen LogP contribution in [0.15, 0.2) is 30.5 Å². The SMILES string of the molecule is CSCCN(C)C(=O)c1c[nH]c2ccccc12. The summed E-state index contributed by atoms with van der Waals surface area (Å²) in [5.74, 6) is 1.04. The van der Waals surface area contributed by atoms with E-state index >= 15 is 0 Å². The van der Waals surface area contributed by atoms with Gasteiger partial charge in [0.05, 0.1) is 5.56 Å². The molecule has 0 atom stereocenters. The van der Waals surface area contributed by atoms with Crippen molar-refractivity contribution in [3.8, 4) is 0 Å². The lowest BCUT2D eigenvalue weighted by molar-refractivity contribution is 0.0806. The number of carbonyl (C=O) groups is 1. The van der Waals surface area contributed by atoms with Gasteiger partial charge in [-0.2, -0.15) is 11.8 Å². The van der Waals surface area contributed by atoms with Gasteiger partial charge in [-0.1, -0.05) is 18.2 Å². The molecular weight excluding hydrogens is 232 g/mol. The summed E-state index contributed by atoms with van der Waals surface area (Å²) in [5.41, 5.74) is 1.76. The van der Waals surface area contributed by atoms with E-state index in [1.165, 1.54) is 0 Å². The smallest absolute Gasteiger partial charge is 0.255 e. The standard InChI is InChI=1S/C13H16N2OS/c1-15(7-8-17-2)13(16)11-9-14-12-6-4-3-5-10(11)12/h3-6,9,14H,7-8H2,1-2H3. The number of H-pyrrole nitrogens is 1. The van der Waals surface area contributed by atoms with Crippen molar-refractivity contribution in [2.75, 3.05) is 25.6 Å². The molecule has 2 rings (SSSR count). The van der Waals surface area contributed by atoms with E-state index in [-0.39, 0.29) is 5.91 Å². The van der Waals surface area contributed by atoms with E-state index in [1.54, 1.807) is 22.9 Å². The lowest BCUT2D eigenvalue weighted by Crippen LogP contribution is -2.28. The van der Waals surface area contributed by atoms with E-state index in [0.29, 0.717) is 0 Å². The van der Waals surface area contributed by atoms with Crippen molar-refractivity contribution in [3.63, 3.8) is 0 Å². The summed E-state index contributed by atoms with van der Waals surface area (Å²) in [4.78, 5) is 17.1. The van der Waals surface area contributed by atoms with Gasteiger partial charge in [-0.05, 0) is 12.3 Å². The Hall–Kier alpha value is -1.42. The van der Waals surface area contributed by atoms with Crippen LogP contribution in [-0.4, -0.2) is 41.4 Å². The molecule has 1 N–H and O–H groups in total. The summed E-state index contributed by atoms with van der Waals surface area (Å²) >= 11 is 1.75. The predicted molar refractivity (Wildman–Crippen MR) is 73.6 cm³/mol. The lowest BCUT2D eigenvalue weighted by atomic mass is 10.1. The Balaban J connectivity index is 2.24. The van der Waals surface area contributed by atoms with Crippen molar-refractivity contribution in [1.29, 1.82) is 0 Å². The van der Waals surface area contributed by atoms with Crippen LogP contribution in [0.4, 0.5) is 0 Å². The second kappa shape index (κ2) is 5.27. The molecule has 0 bridgehead atoms. The maximum Gasteiger partial charge on any atom is 0.255 e. The fraction of sp³-hybridized carbons (Fsp3) is 0.308. The highest BCUT2D eigenvalue weighted by molar-refractivity contribution is 7.98. The van der Waals surface area contributed by atoms with Crippen LogP contribution >= 0.6 is 11.8 Å². The van der Waals surface area contributed by atoms with Gasteiger partial charge in [-0.25, -0.2) is 0 Å². The first kappa shape index (κ1) is 12.0. The number of aromatic nitrogens is 1. The Morgan fingerprint density at radius 2 is 2.18 bits per heavy atom. The summed E-state index contributed by atoms with van der Waals surface area (Å²) in [5, 5.41) is 0.994. The van der Waals surface area contributed by atoms with E-state index in [0.717, 1.165) is 28.8 Å². The van der Waals surface area contributed by atoms with Gasteiger partial charge < -0.3 is 9.88 Å². The fourth-order valence-corrected chi connectivity index (χ4v) is 2.24. The second-order valence-electron chi connectivity index (χ2n) is 3.97. The topological polar surface area (TPSA) is 36.1 Å². The van der Waals surface area contributed by atoms with Gasteiger partial charge in [-0.15, -0.1) is 0 Å². The second-order valence-corrected chi connectivity index (χ2v) is 4.95. The molecule has 0 saturated carbocycles. The van der Waals surface area contributed by atoms with Gasteiger partial charge in [0.15, 0.2) is 0 Å². The fourth-order valence-electron chi connectivity index (χ4n) is 1.78. The van der Waals surface area contributed by atoms with Crippen LogP contribution in [0.3, 0.4) is 0 Å². The molecule has 0 aliphatic heterocycles. The molecule has 0 fully saturated rings. The summed E-state index contributed by atoms with van der Waals surface area (Å²) in [7, 11) is 1.85. The molecule has 1 heterocycles. The zero-order valence-corrected chi connectivity index (χ0v) is 10.9. The summed E-state index contributed by atoms with van der Waals surface area (Å²) in [6.45, 7) is 0.777. The van der Waals surface area contributed by atoms with E-state index in [2.05, 4.69) is 4.98 Å². The van der Waals surface area contributed by atoms with Crippen LogP contribution < -0.4 is 0 Å². The molecule has 0 spiro atoms. The number of nitrogens with zero attached hydrogens (tertiary/aromatic N) is 1. The zero-order valence-electron chi connectivity index (χ0n) is 10.1. The number of carbonyl (C=O) groups excluding carboxylic acids is 1. The average molecular weight is 248 g/mol. The molecule has 0 aliphatic rings. The summed E-state index contributed by atoms with van der Waals surface area (Å²) in [6, 6.07) is 7.87. The maximum absolute atomic E-state index is 12.2. The minimum Gasteiger partial charge on any atom is -0.360 e. The van der Waals surface area contributed by atoms with E-state index in [9.17, 15) is 4.79 Å². The molecule has 3 nitrogen and oxygen atoms in total. The number of nitrogens with one attached hydrogen (secondary N) is 1. The zero-order chi connectivity index (χ0) is 12.3. The number of amides is 1. The van der Waals surface area contributed by atoms with Gasteiger partial charge in [0, 0.05) is 36.4 Å². The van der Waals surface area contributed by atoms with Crippen molar-refractivity contribution in [2.45, 2.75) is 0 Å². The Morgan fingerprint density at radius 3 is 2.94 bits per heavy atom. The molecule has 4 heteroatoms. The minimum atomic E-state index is 0.0801. The van der Waals surface area contributed by atoms with Crippen LogP contribution in [0, 0.1) is 0 Å². The Morgan fingerprint density at radius 1 is 1.41 bits per heavy atom. The maximum atomic E-state index is 12.2. The molecule has 1 aromatic carbocycles. The Kier molecular flexibility index (Phi) is 3.74. The predicted octanol–water partition coefficient (Wildman–Crippen LogP) is 2.60. The minimum absolute atomic E-state index is 0.0801. The third kappa shape index (κ3) is 2.47. The molecular formula is C13H16N2OS. The van der Waals surface area contributed by atoms with E-state index < -0.39 is 0 Å². The van der Waals surface area contributed by atoms with Gasteiger partial charge in [0.1, 0.15) is 0 Å². The number of hydrogen-bond acceptors (Lipinski definition) is 2. The molecule has 2 aromatic rings. The van der Waals surface area contributed by atoms with Crippen LogP contribution in [0.25, 0.3) is 10.9 Å². The number of thioether (sulfide) groups is 1. The molecule has 17 heavy (non-hydrogen) atoms. The molecule has 0 saturated heterocycles. The summed E-state index contributed by atoms with van der Waals surface area (Å²) < 4.78 is 0. The first-order valence-electron chi connectivity index (χ1n) is 5.54. The Bertz CT molecular complexity index is 521. The largest absolute Gasteiger partial charge is 0.360 e. The van der Waals surface area contributed by atoms with E-state index in [4.69, 9.17) is 0 Å². The number of para-hydroxylation sites is 1. The van der Waals surface area contributed by atoms with Crippen molar-refractivity contribution in [1.82, 2.24) is 9.88 Å². The van der Waals surface area contributed by atoms with Crippen molar-refractivity contribution in [3.05, 3.63) is 36.0 Å². The van der Waals surface area contributed by atoms with Crippen LogP contribution in [0.2, 0.25) is 0 Å².